The van der Waals surface area contributed by atoms with Crippen LogP contribution >= 0.6 is 0 Å². The molecule has 0 saturated carbocycles. The van der Waals surface area contributed by atoms with Gasteiger partial charge in [-0.15, -0.1) is 0 Å². The van der Waals surface area contributed by atoms with Crippen molar-refractivity contribution in [2.45, 2.75) is 19.4 Å². The molecule has 0 amide bonds. The maximum atomic E-state index is 13.3. The highest BCUT2D eigenvalue weighted by Gasteiger charge is 2.20. The third kappa shape index (κ3) is 3.39. The Kier molecular flexibility index (Phi) is 4.90. The summed E-state index contributed by atoms with van der Waals surface area (Å²) < 4.78 is 33.4. The number of halogens is 2. The van der Waals surface area contributed by atoms with Crippen molar-refractivity contribution in [3.63, 3.8) is 0 Å². The van der Waals surface area contributed by atoms with Crippen LogP contribution in [0, 0.1) is 11.6 Å². The van der Waals surface area contributed by atoms with E-state index in [1.54, 1.807) is 24.1 Å². The highest BCUT2D eigenvalue weighted by molar-refractivity contribution is 5.30. The van der Waals surface area contributed by atoms with Crippen LogP contribution in [0.2, 0.25) is 0 Å². The van der Waals surface area contributed by atoms with Gasteiger partial charge in [-0.3, -0.25) is 4.68 Å². The zero-order valence-corrected chi connectivity index (χ0v) is 12.4. The van der Waals surface area contributed by atoms with Crippen LogP contribution in [0.3, 0.4) is 0 Å². The molecule has 114 valence electrons. The second-order valence-corrected chi connectivity index (χ2v) is 4.78. The van der Waals surface area contributed by atoms with Crippen LogP contribution in [0.15, 0.2) is 24.4 Å². The fourth-order valence-electron chi connectivity index (χ4n) is 2.40. The summed E-state index contributed by atoms with van der Waals surface area (Å²) in [5, 5.41) is 7.51. The lowest BCUT2D eigenvalue weighted by Crippen LogP contribution is -2.25. The van der Waals surface area contributed by atoms with Crippen molar-refractivity contribution in [2.75, 3.05) is 13.7 Å². The first-order valence-electron chi connectivity index (χ1n) is 6.80. The van der Waals surface area contributed by atoms with E-state index in [1.165, 1.54) is 6.07 Å². The molecule has 1 heterocycles. The van der Waals surface area contributed by atoms with Crippen LogP contribution in [0.25, 0.3) is 0 Å². The second-order valence-electron chi connectivity index (χ2n) is 4.78. The van der Waals surface area contributed by atoms with Gasteiger partial charge in [-0.1, -0.05) is 13.0 Å². The molecule has 0 spiro atoms. The highest BCUT2D eigenvalue weighted by atomic mass is 19.2. The Morgan fingerprint density at radius 1 is 1.33 bits per heavy atom. The Hall–Kier alpha value is -1.95. The van der Waals surface area contributed by atoms with E-state index in [9.17, 15) is 8.78 Å². The van der Waals surface area contributed by atoms with Crippen LogP contribution in [-0.2, 0) is 13.5 Å². The zero-order chi connectivity index (χ0) is 15.4. The zero-order valence-electron chi connectivity index (χ0n) is 12.4. The lowest BCUT2D eigenvalue weighted by Gasteiger charge is -2.19. The summed E-state index contributed by atoms with van der Waals surface area (Å²) >= 11 is 0. The van der Waals surface area contributed by atoms with Gasteiger partial charge in [-0.2, -0.15) is 5.10 Å². The standard InChI is InChI=1S/C15H19F2N3O/c1-4-18-13(15-14(21-3)9-19-20(15)2)8-10-5-6-11(16)12(17)7-10/h5-7,9,13,18H,4,8H2,1-3H3. The minimum absolute atomic E-state index is 0.0951. The van der Waals surface area contributed by atoms with Gasteiger partial charge in [0.05, 0.1) is 25.0 Å². The second kappa shape index (κ2) is 6.67. The summed E-state index contributed by atoms with van der Waals surface area (Å²) in [6.07, 6.45) is 2.16. The Labute approximate surface area is 122 Å². The van der Waals surface area contributed by atoms with Crippen molar-refractivity contribution in [2.24, 2.45) is 7.05 Å². The topological polar surface area (TPSA) is 39.1 Å². The van der Waals surface area contributed by atoms with Crippen molar-refractivity contribution in [1.29, 1.82) is 0 Å². The average Bonchev–Trinajstić information content (AvgIpc) is 2.83. The van der Waals surface area contributed by atoms with Crippen LogP contribution < -0.4 is 10.1 Å². The minimum atomic E-state index is -0.836. The summed E-state index contributed by atoms with van der Waals surface area (Å²) in [6, 6.07) is 3.87. The van der Waals surface area contributed by atoms with Crippen molar-refractivity contribution in [1.82, 2.24) is 15.1 Å². The van der Waals surface area contributed by atoms with E-state index in [2.05, 4.69) is 10.4 Å². The first kappa shape index (κ1) is 15.4. The van der Waals surface area contributed by atoms with Crippen LogP contribution in [0.1, 0.15) is 24.2 Å². The Bertz CT molecular complexity index is 613. The lowest BCUT2D eigenvalue weighted by molar-refractivity contribution is 0.394. The smallest absolute Gasteiger partial charge is 0.161 e. The van der Waals surface area contributed by atoms with E-state index >= 15 is 0 Å². The third-order valence-corrected chi connectivity index (χ3v) is 3.37. The van der Waals surface area contributed by atoms with Crippen LogP contribution in [0.5, 0.6) is 5.75 Å². The number of nitrogens with one attached hydrogen (secondary N) is 1. The Morgan fingerprint density at radius 3 is 2.71 bits per heavy atom. The summed E-state index contributed by atoms with van der Waals surface area (Å²) in [7, 11) is 3.41. The number of nitrogens with zero attached hydrogens (tertiary/aromatic N) is 2. The Morgan fingerprint density at radius 2 is 2.10 bits per heavy atom. The number of ether oxygens (including phenoxy) is 1. The molecule has 0 aliphatic heterocycles. The molecule has 0 saturated heterocycles. The van der Waals surface area contributed by atoms with Crippen LogP contribution in [-0.4, -0.2) is 23.4 Å². The largest absolute Gasteiger partial charge is 0.493 e. The molecular weight excluding hydrogens is 276 g/mol. The van der Waals surface area contributed by atoms with Gasteiger partial charge in [0.2, 0.25) is 0 Å². The number of likely N-dealkylation sites (N-methyl/N-ethyl adjacent to an activating group) is 1. The summed E-state index contributed by atoms with van der Waals surface area (Å²) in [4.78, 5) is 0. The van der Waals surface area contributed by atoms with Crippen molar-refractivity contribution < 1.29 is 13.5 Å². The minimum Gasteiger partial charge on any atom is -0.493 e. The normalized spacial score (nSPS) is 12.4. The lowest BCUT2D eigenvalue weighted by atomic mass is 10.0. The molecule has 6 heteroatoms. The Balaban J connectivity index is 2.30. The summed E-state index contributed by atoms with van der Waals surface area (Å²) in [6.45, 7) is 2.73. The maximum absolute atomic E-state index is 13.3. The molecule has 0 bridgehead atoms. The van der Waals surface area contributed by atoms with Gasteiger partial charge >= 0.3 is 0 Å². The van der Waals surface area contributed by atoms with E-state index < -0.39 is 11.6 Å². The van der Waals surface area contributed by atoms with E-state index in [-0.39, 0.29) is 6.04 Å². The van der Waals surface area contributed by atoms with Gasteiger partial charge < -0.3 is 10.1 Å². The molecule has 4 nitrogen and oxygen atoms in total. The molecule has 1 aromatic carbocycles. The van der Waals surface area contributed by atoms with E-state index in [0.717, 1.165) is 18.3 Å². The monoisotopic (exact) mass is 295 g/mol. The van der Waals surface area contributed by atoms with Gasteiger partial charge in [-0.25, -0.2) is 8.78 Å². The van der Waals surface area contributed by atoms with E-state index in [4.69, 9.17) is 4.74 Å². The van der Waals surface area contributed by atoms with Crippen molar-refractivity contribution in [3.05, 3.63) is 47.3 Å². The molecule has 1 N–H and O–H groups in total. The average molecular weight is 295 g/mol. The molecule has 0 aliphatic rings. The SMILES string of the molecule is CCNC(Cc1ccc(F)c(F)c1)c1c(OC)cnn1C. The van der Waals surface area contributed by atoms with Gasteiger partial charge in [0, 0.05) is 7.05 Å². The highest BCUT2D eigenvalue weighted by Crippen LogP contribution is 2.27. The molecule has 0 radical (unpaired) electrons. The number of rotatable bonds is 6. The fourth-order valence-corrected chi connectivity index (χ4v) is 2.40. The van der Waals surface area contributed by atoms with Crippen LogP contribution in [0.4, 0.5) is 8.78 Å². The van der Waals surface area contributed by atoms with Crippen molar-refractivity contribution in [3.8, 4) is 5.75 Å². The summed E-state index contributed by atoms with van der Waals surface area (Å²) in [5.74, 6) is -0.998. The number of benzene rings is 1. The fraction of sp³-hybridized carbons (Fsp3) is 0.400. The predicted octanol–water partition coefficient (Wildman–Crippen LogP) is 2.60. The molecule has 21 heavy (non-hydrogen) atoms. The quantitative estimate of drug-likeness (QED) is 0.890. The van der Waals surface area contributed by atoms with Gasteiger partial charge in [0.1, 0.15) is 0 Å². The predicted molar refractivity (Wildman–Crippen MR) is 76.2 cm³/mol. The molecule has 0 fully saturated rings. The number of methoxy groups -OCH3 is 1. The first-order valence-corrected chi connectivity index (χ1v) is 6.80. The van der Waals surface area contributed by atoms with Gasteiger partial charge in [0.25, 0.3) is 0 Å². The first-order chi connectivity index (χ1) is 10.1. The van der Waals surface area contributed by atoms with E-state index in [1.807, 2.05) is 14.0 Å². The van der Waals surface area contributed by atoms with Gasteiger partial charge in [0.15, 0.2) is 17.4 Å². The maximum Gasteiger partial charge on any atom is 0.161 e. The van der Waals surface area contributed by atoms with E-state index in [0.29, 0.717) is 17.7 Å². The number of hydrogen-bond acceptors (Lipinski definition) is 3. The molecular formula is C15H19F2N3O. The van der Waals surface area contributed by atoms with Crippen molar-refractivity contribution >= 4 is 0 Å². The molecule has 0 aliphatic carbocycles. The molecule has 1 unspecified atom stereocenters. The molecule has 2 aromatic rings. The number of hydrogen-bond donors (Lipinski definition) is 1. The molecule has 2 rings (SSSR count). The van der Waals surface area contributed by atoms with Gasteiger partial charge in [-0.05, 0) is 30.7 Å². The molecule has 1 aromatic heterocycles. The summed E-state index contributed by atoms with van der Waals surface area (Å²) in [5.41, 5.74) is 1.59. The number of aryl methyl sites for hydroxylation is 1. The molecule has 1 atom stereocenters. The number of aromatic nitrogens is 2. The third-order valence-electron chi connectivity index (χ3n) is 3.37.